The smallest absolute Gasteiger partial charge is 0.181 e. The Balaban J connectivity index is 2.34. The third kappa shape index (κ3) is 4.75. The van der Waals surface area contributed by atoms with Gasteiger partial charge in [0, 0.05) is 31.6 Å². The van der Waals surface area contributed by atoms with Crippen LogP contribution in [0.25, 0.3) is 0 Å². The van der Waals surface area contributed by atoms with E-state index >= 15 is 0 Å². The third-order valence-corrected chi connectivity index (χ3v) is 2.85. The molecule has 0 aromatic carbocycles. The first-order chi connectivity index (χ1) is 7.88. The summed E-state index contributed by atoms with van der Waals surface area (Å²) >= 11 is 0. The van der Waals surface area contributed by atoms with Gasteiger partial charge in [-0.2, -0.15) is 0 Å². The van der Waals surface area contributed by atoms with Gasteiger partial charge in [-0.05, 0) is 19.3 Å². The minimum Gasteiger partial charge on any atom is -0.396 e. The molecular formula is C14H24NO+. The van der Waals surface area contributed by atoms with Gasteiger partial charge in [0.05, 0.1) is 0 Å². The minimum atomic E-state index is 0.333. The third-order valence-electron chi connectivity index (χ3n) is 2.85. The number of hydrogen-bond donors (Lipinski definition) is 1. The number of pyridine rings is 1. The highest BCUT2D eigenvalue weighted by atomic mass is 16.2. The molecule has 0 spiro atoms. The number of hydrogen-bond acceptors (Lipinski definition) is 1. The van der Waals surface area contributed by atoms with Crippen LogP contribution in [0, 0.1) is 0 Å². The minimum absolute atomic E-state index is 0.333. The molecule has 2 heteroatoms. The molecule has 0 aliphatic heterocycles. The van der Waals surface area contributed by atoms with E-state index in [9.17, 15) is 0 Å². The summed E-state index contributed by atoms with van der Waals surface area (Å²) in [4.78, 5) is 0. The number of unbranched alkanes of at least 4 members (excludes halogenated alkanes) is 3. The van der Waals surface area contributed by atoms with Crippen molar-refractivity contribution in [3.63, 3.8) is 0 Å². The van der Waals surface area contributed by atoms with Crippen LogP contribution in [-0.2, 0) is 13.0 Å². The first-order valence-electron chi connectivity index (χ1n) is 6.46. The SMILES string of the molecule is CCCc1cccc[n+]1CCCCCCO. The standard InChI is InChI=1S/C14H24NO/c1-2-9-14-10-5-7-12-15(14)11-6-3-4-8-13-16/h5,7,10,12,16H,2-4,6,8-9,11,13H2,1H3/q+1. The molecule has 2 nitrogen and oxygen atoms in total. The molecule has 0 amide bonds. The Morgan fingerprint density at radius 2 is 1.94 bits per heavy atom. The summed E-state index contributed by atoms with van der Waals surface area (Å²) in [7, 11) is 0. The predicted molar refractivity (Wildman–Crippen MR) is 66.2 cm³/mol. The normalized spacial score (nSPS) is 10.6. The number of nitrogens with zero attached hydrogens (tertiary/aromatic N) is 1. The van der Waals surface area contributed by atoms with E-state index in [1.54, 1.807) is 0 Å². The maximum atomic E-state index is 8.69. The highest BCUT2D eigenvalue weighted by molar-refractivity contribution is 4.97. The van der Waals surface area contributed by atoms with Crippen molar-refractivity contribution in [1.29, 1.82) is 0 Å². The van der Waals surface area contributed by atoms with Crippen LogP contribution in [0.1, 0.15) is 44.7 Å². The zero-order valence-corrected chi connectivity index (χ0v) is 10.4. The lowest BCUT2D eigenvalue weighted by Crippen LogP contribution is -2.37. The molecule has 0 bridgehead atoms. The fourth-order valence-electron chi connectivity index (χ4n) is 1.96. The zero-order chi connectivity index (χ0) is 11.6. The van der Waals surface area contributed by atoms with E-state index < -0.39 is 0 Å². The first kappa shape index (κ1) is 13.2. The largest absolute Gasteiger partial charge is 0.396 e. The van der Waals surface area contributed by atoms with Gasteiger partial charge in [0.25, 0.3) is 0 Å². The summed E-state index contributed by atoms with van der Waals surface area (Å²) in [6, 6.07) is 6.44. The van der Waals surface area contributed by atoms with Crippen LogP contribution in [0.5, 0.6) is 0 Å². The molecular weight excluding hydrogens is 198 g/mol. The lowest BCUT2D eigenvalue weighted by molar-refractivity contribution is -0.704. The van der Waals surface area contributed by atoms with Crippen molar-refractivity contribution in [1.82, 2.24) is 0 Å². The Bertz CT molecular complexity index is 286. The maximum Gasteiger partial charge on any atom is 0.181 e. The molecule has 0 unspecified atom stereocenters. The summed E-state index contributed by atoms with van der Waals surface area (Å²) < 4.78 is 2.36. The van der Waals surface area contributed by atoms with E-state index in [0.717, 1.165) is 25.8 Å². The van der Waals surface area contributed by atoms with Crippen molar-refractivity contribution in [3.05, 3.63) is 30.1 Å². The first-order valence-corrected chi connectivity index (χ1v) is 6.46. The second kappa shape index (κ2) is 8.28. The lowest BCUT2D eigenvalue weighted by atomic mass is 10.2. The van der Waals surface area contributed by atoms with E-state index in [1.807, 2.05) is 0 Å². The fraction of sp³-hybridized carbons (Fsp3) is 0.643. The molecule has 1 rings (SSSR count). The molecule has 1 aromatic heterocycles. The van der Waals surface area contributed by atoms with Crippen molar-refractivity contribution in [2.45, 2.75) is 52.0 Å². The predicted octanol–water partition coefficient (Wildman–Crippen LogP) is 2.48. The molecule has 0 radical (unpaired) electrons. The van der Waals surface area contributed by atoms with Crippen molar-refractivity contribution in [2.75, 3.05) is 6.61 Å². The van der Waals surface area contributed by atoms with Gasteiger partial charge in [0.15, 0.2) is 11.9 Å². The van der Waals surface area contributed by atoms with Crippen molar-refractivity contribution in [3.8, 4) is 0 Å². The number of aliphatic hydroxyl groups is 1. The second-order valence-corrected chi connectivity index (χ2v) is 4.27. The molecule has 0 saturated heterocycles. The molecule has 1 heterocycles. The van der Waals surface area contributed by atoms with Crippen LogP contribution in [0.15, 0.2) is 24.4 Å². The maximum absolute atomic E-state index is 8.69. The van der Waals surface area contributed by atoms with E-state index in [-0.39, 0.29) is 0 Å². The van der Waals surface area contributed by atoms with Gasteiger partial charge in [-0.3, -0.25) is 0 Å². The average molecular weight is 222 g/mol. The Hall–Kier alpha value is -0.890. The van der Waals surface area contributed by atoms with Gasteiger partial charge in [0.2, 0.25) is 0 Å². The number of rotatable bonds is 8. The fourth-order valence-corrected chi connectivity index (χ4v) is 1.96. The highest BCUT2D eigenvalue weighted by Crippen LogP contribution is 2.01. The molecule has 1 aromatic rings. The molecule has 90 valence electrons. The topological polar surface area (TPSA) is 24.1 Å². The summed E-state index contributed by atoms with van der Waals surface area (Å²) in [5.41, 5.74) is 1.44. The Morgan fingerprint density at radius 3 is 2.69 bits per heavy atom. The van der Waals surface area contributed by atoms with E-state index in [1.165, 1.54) is 25.0 Å². The van der Waals surface area contributed by atoms with Gasteiger partial charge in [-0.1, -0.05) is 19.4 Å². The van der Waals surface area contributed by atoms with E-state index in [2.05, 4.69) is 35.9 Å². The van der Waals surface area contributed by atoms with Gasteiger partial charge in [-0.15, -0.1) is 0 Å². The molecule has 0 aliphatic carbocycles. The Morgan fingerprint density at radius 1 is 1.12 bits per heavy atom. The molecule has 0 aliphatic rings. The van der Waals surface area contributed by atoms with Crippen molar-refractivity contribution < 1.29 is 9.67 Å². The van der Waals surface area contributed by atoms with Gasteiger partial charge < -0.3 is 5.11 Å². The molecule has 0 fully saturated rings. The second-order valence-electron chi connectivity index (χ2n) is 4.27. The lowest BCUT2D eigenvalue weighted by Gasteiger charge is -2.02. The molecule has 1 N–H and O–H groups in total. The Labute approximate surface area is 98.9 Å². The van der Waals surface area contributed by atoms with Crippen LogP contribution < -0.4 is 4.57 Å². The zero-order valence-electron chi connectivity index (χ0n) is 10.4. The number of aliphatic hydroxyl groups excluding tert-OH is 1. The van der Waals surface area contributed by atoms with Crippen LogP contribution in [0.2, 0.25) is 0 Å². The van der Waals surface area contributed by atoms with Crippen molar-refractivity contribution >= 4 is 0 Å². The number of aromatic nitrogens is 1. The summed E-state index contributed by atoms with van der Waals surface area (Å²) in [6.07, 6.45) is 9.07. The van der Waals surface area contributed by atoms with Gasteiger partial charge >= 0.3 is 0 Å². The monoisotopic (exact) mass is 222 g/mol. The van der Waals surface area contributed by atoms with Gasteiger partial charge in [-0.25, -0.2) is 4.57 Å². The Kier molecular flexibility index (Phi) is 6.82. The molecule has 0 atom stereocenters. The molecule has 16 heavy (non-hydrogen) atoms. The number of aryl methyl sites for hydroxylation is 2. The van der Waals surface area contributed by atoms with Crippen LogP contribution in [0.3, 0.4) is 0 Å². The van der Waals surface area contributed by atoms with Crippen LogP contribution in [0.4, 0.5) is 0 Å². The quantitative estimate of drug-likeness (QED) is 0.530. The summed E-state index contributed by atoms with van der Waals surface area (Å²) in [6.45, 7) is 3.67. The van der Waals surface area contributed by atoms with E-state index in [0.29, 0.717) is 6.61 Å². The van der Waals surface area contributed by atoms with Crippen LogP contribution >= 0.6 is 0 Å². The highest BCUT2D eigenvalue weighted by Gasteiger charge is 2.07. The van der Waals surface area contributed by atoms with E-state index in [4.69, 9.17) is 5.11 Å². The van der Waals surface area contributed by atoms with Gasteiger partial charge in [0.1, 0.15) is 6.54 Å². The molecule has 0 saturated carbocycles. The summed E-state index contributed by atoms with van der Waals surface area (Å²) in [5.74, 6) is 0. The van der Waals surface area contributed by atoms with Crippen LogP contribution in [-0.4, -0.2) is 11.7 Å². The average Bonchev–Trinajstić information content (AvgIpc) is 2.31. The van der Waals surface area contributed by atoms with Crippen molar-refractivity contribution in [2.24, 2.45) is 0 Å². The summed E-state index contributed by atoms with van der Waals surface area (Å²) in [5, 5.41) is 8.69.